The van der Waals surface area contributed by atoms with E-state index in [0.29, 0.717) is 12.8 Å². The molecule has 6 nitrogen and oxygen atoms in total. The number of carboxylic acids is 1. The Hall–Kier alpha value is -2.63. The fraction of sp³-hybridized carbons (Fsp3) is 0.312. The minimum absolute atomic E-state index is 0.177. The smallest absolute Gasteiger partial charge is 0.326 e. The van der Waals surface area contributed by atoms with Crippen LogP contribution in [0, 0.1) is 0 Å². The van der Waals surface area contributed by atoms with E-state index >= 15 is 0 Å². The number of hydrogen-bond acceptors (Lipinski definition) is 3. The number of carbonyl (C=O) groups excluding carboxylic acids is 2. The molecule has 1 aliphatic rings. The van der Waals surface area contributed by atoms with Gasteiger partial charge in [-0.25, -0.2) is 4.79 Å². The predicted octanol–water partition coefficient (Wildman–Crippen LogP) is 0.938. The summed E-state index contributed by atoms with van der Waals surface area (Å²) in [5.74, 6) is -1.74. The normalized spacial score (nSPS) is 18.9. The summed E-state index contributed by atoms with van der Waals surface area (Å²) in [6, 6.07) is 7.83. The van der Waals surface area contributed by atoms with Crippen LogP contribution >= 0.6 is 0 Å². The molecule has 0 spiro atoms. The SMILES string of the molecule is O=C1CC[C@H](C(=O)N[C@@H](C/C=C/c2ccccc2)C(=O)O)N1. The highest BCUT2D eigenvalue weighted by molar-refractivity contribution is 5.92. The molecular weight excluding hydrogens is 284 g/mol. The first-order chi connectivity index (χ1) is 10.6. The van der Waals surface area contributed by atoms with Crippen LogP contribution in [0.2, 0.25) is 0 Å². The Morgan fingerprint density at radius 2 is 2.09 bits per heavy atom. The maximum atomic E-state index is 11.9. The Bertz CT molecular complexity index is 583. The molecule has 1 aromatic rings. The molecular formula is C16H18N2O4. The number of amides is 2. The number of aliphatic carboxylic acids is 1. The van der Waals surface area contributed by atoms with Crippen LogP contribution in [0.5, 0.6) is 0 Å². The Labute approximate surface area is 128 Å². The van der Waals surface area contributed by atoms with Crippen molar-refractivity contribution in [3.8, 4) is 0 Å². The molecule has 6 heteroatoms. The molecule has 1 heterocycles. The van der Waals surface area contributed by atoms with Crippen LogP contribution in [0.1, 0.15) is 24.8 Å². The van der Waals surface area contributed by atoms with E-state index in [4.69, 9.17) is 0 Å². The van der Waals surface area contributed by atoms with Gasteiger partial charge in [-0.05, 0) is 18.4 Å². The zero-order valence-corrected chi connectivity index (χ0v) is 12.0. The highest BCUT2D eigenvalue weighted by Gasteiger charge is 2.29. The minimum atomic E-state index is -1.10. The van der Waals surface area contributed by atoms with Gasteiger partial charge in [-0.3, -0.25) is 9.59 Å². The molecule has 0 aliphatic carbocycles. The van der Waals surface area contributed by atoms with Crippen molar-refractivity contribution in [3.63, 3.8) is 0 Å². The van der Waals surface area contributed by atoms with Crippen molar-refractivity contribution in [2.24, 2.45) is 0 Å². The third kappa shape index (κ3) is 4.44. The molecule has 1 saturated heterocycles. The summed E-state index contributed by atoms with van der Waals surface area (Å²) in [5.41, 5.74) is 0.959. The van der Waals surface area contributed by atoms with Gasteiger partial charge in [-0.2, -0.15) is 0 Å². The van der Waals surface area contributed by atoms with Crippen LogP contribution in [0.15, 0.2) is 36.4 Å². The van der Waals surface area contributed by atoms with Crippen molar-refractivity contribution in [1.29, 1.82) is 0 Å². The average molecular weight is 302 g/mol. The fourth-order valence-corrected chi connectivity index (χ4v) is 2.21. The zero-order chi connectivity index (χ0) is 15.9. The lowest BCUT2D eigenvalue weighted by molar-refractivity contribution is -0.142. The van der Waals surface area contributed by atoms with E-state index < -0.39 is 24.0 Å². The first-order valence-electron chi connectivity index (χ1n) is 7.10. The molecule has 116 valence electrons. The Balaban J connectivity index is 1.90. The summed E-state index contributed by atoms with van der Waals surface area (Å²) in [7, 11) is 0. The van der Waals surface area contributed by atoms with Crippen molar-refractivity contribution in [3.05, 3.63) is 42.0 Å². The van der Waals surface area contributed by atoms with Crippen LogP contribution in [0.4, 0.5) is 0 Å². The van der Waals surface area contributed by atoms with E-state index in [1.54, 1.807) is 12.2 Å². The highest BCUT2D eigenvalue weighted by atomic mass is 16.4. The molecule has 0 aromatic heterocycles. The third-order valence-electron chi connectivity index (χ3n) is 3.41. The van der Waals surface area contributed by atoms with Gasteiger partial charge in [0.2, 0.25) is 11.8 Å². The molecule has 2 rings (SSSR count). The van der Waals surface area contributed by atoms with Gasteiger partial charge >= 0.3 is 5.97 Å². The number of rotatable bonds is 6. The molecule has 1 fully saturated rings. The molecule has 2 amide bonds. The topological polar surface area (TPSA) is 95.5 Å². The highest BCUT2D eigenvalue weighted by Crippen LogP contribution is 2.08. The van der Waals surface area contributed by atoms with E-state index in [1.165, 1.54) is 0 Å². The third-order valence-corrected chi connectivity index (χ3v) is 3.41. The zero-order valence-electron chi connectivity index (χ0n) is 12.0. The molecule has 1 aromatic carbocycles. The molecule has 3 N–H and O–H groups in total. The number of carbonyl (C=O) groups is 3. The largest absolute Gasteiger partial charge is 0.480 e. The summed E-state index contributed by atoms with van der Waals surface area (Å²) in [5, 5.41) is 14.2. The molecule has 0 bridgehead atoms. The monoisotopic (exact) mass is 302 g/mol. The van der Waals surface area contributed by atoms with Crippen LogP contribution in [0.3, 0.4) is 0 Å². The van der Waals surface area contributed by atoms with Crippen LogP contribution < -0.4 is 10.6 Å². The summed E-state index contributed by atoms with van der Waals surface area (Å²) in [4.78, 5) is 34.2. The van der Waals surface area contributed by atoms with Crippen molar-refractivity contribution in [2.45, 2.75) is 31.3 Å². The standard InChI is InChI=1S/C16H18N2O4/c19-14-10-9-12(17-14)15(20)18-13(16(21)22)8-4-7-11-5-2-1-3-6-11/h1-7,12-13H,8-10H2,(H,17,19)(H,18,20)(H,21,22)/b7-4+/t12-,13+/m1/s1. The number of nitrogens with one attached hydrogen (secondary N) is 2. The Morgan fingerprint density at radius 3 is 2.68 bits per heavy atom. The first-order valence-corrected chi connectivity index (χ1v) is 7.10. The van der Waals surface area contributed by atoms with Crippen LogP contribution in [0.25, 0.3) is 6.08 Å². The van der Waals surface area contributed by atoms with Crippen molar-refractivity contribution < 1.29 is 19.5 Å². The second kappa shape index (κ2) is 7.40. The van der Waals surface area contributed by atoms with Crippen molar-refractivity contribution in [2.75, 3.05) is 0 Å². The quantitative estimate of drug-likeness (QED) is 0.728. The van der Waals surface area contributed by atoms with Gasteiger partial charge in [0, 0.05) is 6.42 Å². The minimum Gasteiger partial charge on any atom is -0.480 e. The maximum Gasteiger partial charge on any atom is 0.326 e. The van der Waals surface area contributed by atoms with Gasteiger partial charge in [0.1, 0.15) is 12.1 Å². The van der Waals surface area contributed by atoms with E-state index in [-0.39, 0.29) is 12.3 Å². The second-order valence-electron chi connectivity index (χ2n) is 5.11. The molecule has 2 atom stereocenters. The molecule has 1 aliphatic heterocycles. The van der Waals surface area contributed by atoms with Crippen molar-refractivity contribution in [1.82, 2.24) is 10.6 Å². The Morgan fingerprint density at radius 1 is 1.36 bits per heavy atom. The second-order valence-corrected chi connectivity index (χ2v) is 5.11. The van der Waals surface area contributed by atoms with E-state index in [9.17, 15) is 19.5 Å². The molecule has 0 saturated carbocycles. The van der Waals surface area contributed by atoms with Crippen LogP contribution in [-0.4, -0.2) is 35.0 Å². The van der Waals surface area contributed by atoms with Gasteiger partial charge in [0.25, 0.3) is 0 Å². The van der Waals surface area contributed by atoms with E-state index in [0.717, 1.165) is 5.56 Å². The molecule has 0 radical (unpaired) electrons. The number of carboxylic acid groups (broad SMARTS) is 1. The summed E-state index contributed by atoms with van der Waals surface area (Å²) in [6.07, 6.45) is 4.39. The lowest BCUT2D eigenvalue weighted by Gasteiger charge is -2.16. The molecule has 22 heavy (non-hydrogen) atoms. The first kappa shape index (κ1) is 15.8. The summed E-state index contributed by atoms with van der Waals surface area (Å²) < 4.78 is 0. The Kier molecular flexibility index (Phi) is 5.30. The number of benzene rings is 1. The lowest BCUT2D eigenvalue weighted by atomic mass is 10.1. The van der Waals surface area contributed by atoms with Crippen molar-refractivity contribution >= 4 is 23.9 Å². The summed E-state index contributed by atoms with van der Waals surface area (Å²) in [6.45, 7) is 0. The summed E-state index contributed by atoms with van der Waals surface area (Å²) >= 11 is 0. The molecule has 0 unspecified atom stereocenters. The van der Waals surface area contributed by atoms with Gasteiger partial charge in [0.15, 0.2) is 0 Å². The predicted molar refractivity (Wildman–Crippen MR) is 80.8 cm³/mol. The van der Waals surface area contributed by atoms with E-state index in [2.05, 4.69) is 10.6 Å². The van der Waals surface area contributed by atoms with Gasteiger partial charge in [-0.1, -0.05) is 42.5 Å². The van der Waals surface area contributed by atoms with Crippen LogP contribution in [-0.2, 0) is 14.4 Å². The average Bonchev–Trinajstić information content (AvgIpc) is 2.93. The van der Waals surface area contributed by atoms with E-state index in [1.807, 2.05) is 30.3 Å². The lowest BCUT2D eigenvalue weighted by Crippen LogP contribution is -2.48. The van der Waals surface area contributed by atoms with Gasteiger partial charge in [-0.15, -0.1) is 0 Å². The van der Waals surface area contributed by atoms with Gasteiger partial charge < -0.3 is 15.7 Å². The van der Waals surface area contributed by atoms with Gasteiger partial charge in [0.05, 0.1) is 0 Å². The fourth-order valence-electron chi connectivity index (χ4n) is 2.21. The maximum absolute atomic E-state index is 11.9. The number of hydrogen-bond donors (Lipinski definition) is 3.